The van der Waals surface area contributed by atoms with Crippen LogP contribution in [0.2, 0.25) is 0 Å². The Morgan fingerprint density at radius 2 is 1.84 bits per heavy atom. The Morgan fingerprint density at radius 3 is 2.52 bits per heavy atom. The van der Waals surface area contributed by atoms with Crippen molar-refractivity contribution in [3.8, 4) is 5.75 Å². The number of benzene rings is 1. The number of rotatable bonds is 5. The van der Waals surface area contributed by atoms with Crippen LogP contribution in [0, 0.1) is 0 Å². The average molecular weight is 368 g/mol. The average Bonchev–Trinajstić information content (AvgIpc) is 2.90. The molecule has 0 spiro atoms. The topological polar surface area (TPSA) is 53.1 Å². The smallest absolute Gasteiger partial charge is 0.281 e. The lowest BCUT2D eigenvalue weighted by Crippen LogP contribution is -2.50. The van der Waals surface area contributed by atoms with Gasteiger partial charge in [-0.1, -0.05) is 25.0 Å². The van der Waals surface area contributed by atoms with E-state index in [9.17, 15) is 8.42 Å². The molecule has 0 saturated carbocycles. The molecule has 1 aromatic rings. The summed E-state index contributed by atoms with van der Waals surface area (Å²) < 4.78 is 35.0. The van der Waals surface area contributed by atoms with Crippen LogP contribution >= 0.6 is 0 Å². The van der Waals surface area contributed by atoms with Gasteiger partial charge in [-0.15, -0.1) is 0 Å². The third-order valence-electron chi connectivity index (χ3n) is 5.05. The molecule has 0 amide bonds. The SMILES string of the molecule is CCN1C[C@H](CN(C)S(=O)(=O)N2CCCCCC2)Oc2ccccc21. The summed E-state index contributed by atoms with van der Waals surface area (Å²) in [5, 5.41) is 0. The molecule has 2 heterocycles. The minimum atomic E-state index is -3.42. The van der Waals surface area contributed by atoms with Crippen LogP contribution in [0.3, 0.4) is 0 Å². The zero-order chi connectivity index (χ0) is 17.9. The summed E-state index contributed by atoms with van der Waals surface area (Å²) in [5.41, 5.74) is 1.08. The molecule has 1 aromatic carbocycles. The van der Waals surface area contributed by atoms with Crippen LogP contribution in [0.15, 0.2) is 24.3 Å². The number of hydrogen-bond donors (Lipinski definition) is 0. The predicted octanol–water partition coefficient (Wildman–Crippen LogP) is 2.33. The number of likely N-dealkylation sites (N-methyl/N-ethyl adjacent to an activating group) is 2. The number of fused-ring (bicyclic) bond motifs is 1. The molecule has 2 aliphatic heterocycles. The molecule has 1 saturated heterocycles. The van der Waals surface area contributed by atoms with Gasteiger partial charge in [0.05, 0.1) is 18.8 Å². The number of hydrogen-bond acceptors (Lipinski definition) is 4. The quantitative estimate of drug-likeness (QED) is 0.801. The van der Waals surface area contributed by atoms with E-state index in [4.69, 9.17) is 4.74 Å². The van der Waals surface area contributed by atoms with E-state index < -0.39 is 10.2 Å². The molecule has 0 aromatic heterocycles. The molecule has 1 fully saturated rings. The van der Waals surface area contributed by atoms with E-state index in [1.165, 1.54) is 4.31 Å². The molecule has 0 bridgehead atoms. The van der Waals surface area contributed by atoms with Gasteiger partial charge in [-0.05, 0) is 31.9 Å². The Bertz CT molecular complexity index is 672. The zero-order valence-corrected chi connectivity index (χ0v) is 16.0. The highest BCUT2D eigenvalue weighted by Crippen LogP contribution is 2.33. The minimum absolute atomic E-state index is 0.165. The second-order valence-electron chi connectivity index (χ2n) is 6.85. The Kier molecular flexibility index (Phi) is 5.86. The third-order valence-corrected chi connectivity index (χ3v) is 7.01. The second-order valence-corrected chi connectivity index (χ2v) is 8.88. The van der Waals surface area contributed by atoms with Crippen LogP contribution < -0.4 is 9.64 Å². The van der Waals surface area contributed by atoms with Gasteiger partial charge in [0.2, 0.25) is 0 Å². The molecule has 140 valence electrons. The summed E-state index contributed by atoms with van der Waals surface area (Å²) in [5.74, 6) is 0.834. The molecule has 0 N–H and O–H groups in total. The number of anilines is 1. The van der Waals surface area contributed by atoms with Crippen molar-refractivity contribution >= 4 is 15.9 Å². The summed E-state index contributed by atoms with van der Waals surface area (Å²) in [7, 11) is -1.75. The summed E-state index contributed by atoms with van der Waals surface area (Å²) >= 11 is 0. The monoisotopic (exact) mass is 367 g/mol. The molecule has 7 heteroatoms. The molecule has 25 heavy (non-hydrogen) atoms. The highest BCUT2D eigenvalue weighted by atomic mass is 32.2. The van der Waals surface area contributed by atoms with Gasteiger partial charge in [-0.25, -0.2) is 0 Å². The van der Waals surface area contributed by atoms with Gasteiger partial charge in [0.15, 0.2) is 0 Å². The Balaban J connectivity index is 1.69. The molecule has 6 nitrogen and oxygen atoms in total. The van der Waals surface area contributed by atoms with Crippen LogP contribution in [-0.2, 0) is 10.2 Å². The molecule has 2 aliphatic rings. The first-order valence-electron chi connectivity index (χ1n) is 9.24. The summed E-state index contributed by atoms with van der Waals surface area (Å²) in [6, 6.07) is 7.95. The fourth-order valence-electron chi connectivity index (χ4n) is 3.62. The van der Waals surface area contributed by atoms with Crippen molar-refractivity contribution < 1.29 is 13.2 Å². The lowest BCUT2D eigenvalue weighted by molar-refractivity contribution is 0.168. The summed E-state index contributed by atoms with van der Waals surface area (Å²) in [4.78, 5) is 2.25. The molecular formula is C18H29N3O3S. The van der Waals surface area contributed by atoms with Crippen molar-refractivity contribution in [1.82, 2.24) is 8.61 Å². The maximum absolute atomic E-state index is 12.9. The number of ether oxygens (including phenoxy) is 1. The highest BCUT2D eigenvalue weighted by molar-refractivity contribution is 7.86. The minimum Gasteiger partial charge on any atom is -0.485 e. The third kappa shape index (κ3) is 4.10. The fraction of sp³-hybridized carbons (Fsp3) is 0.667. The molecule has 0 unspecified atom stereocenters. The maximum atomic E-state index is 12.9. The first kappa shape index (κ1) is 18.5. The summed E-state index contributed by atoms with van der Waals surface area (Å²) in [6.07, 6.45) is 3.96. The zero-order valence-electron chi connectivity index (χ0n) is 15.2. The Morgan fingerprint density at radius 1 is 1.16 bits per heavy atom. The Hall–Kier alpha value is -1.31. The van der Waals surface area contributed by atoms with Crippen LogP contribution in [0.25, 0.3) is 0 Å². The van der Waals surface area contributed by atoms with Crippen LogP contribution in [-0.4, -0.2) is 62.9 Å². The maximum Gasteiger partial charge on any atom is 0.281 e. The van der Waals surface area contributed by atoms with Gasteiger partial charge in [-0.2, -0.15) is 17.0 Å². The van der Waals surface area contributed by atoms with E-state index in [0.29, 0.717) is 26.2 Å². The van der Waals surface area contributed by atoms with Crippen molar-refractivity contribution in [3.63, 3.8) is 0 Å². The highest BCUT2D eigenvalue weighted by Gasteiger charge is 2.32. The van der Waals surface area contributed by atoms with Gasteiger partial charge < -0.3 is 9.64 Å². The van der Waals surface area contributed by atoms with Crippen molar-refractivity contribution in [2.75, 3.05) is 44.7 Å². The van der Waals surface area contributed by atoms with Crippen molar-refractivity contribution in [1.29, 1.82) is 0 Å². The Labute approximate surface area is 151 Å². The molecule has 0 radical (unpaired) electrons. The summed E-state index contributed by atoms with van der Waals surface area (Å²) in [6.45, 7) is 5.30. The normalized spacial score (nSPS) is 22.4. The molecule has 3 rings (SSSR count). The first-order valence-corrected chi connectivity index (χ1v) is 10.6. The van der Waals surface area contributed by atoms with Crippen LogP contribution in [0.4, 0.5) is 5.69 Å². The lowest BCUT2D eigenvalue weighted by Gasteiger charge is -2.37. The van der Waals surface area contributed by atoms with E-state index in [1.54, 1.807) is 11.4 Å². The lowest BCUT2D eigenvalue weighted by atomic mass is 10.2. The van der Waals surface area contributed by atoms with Crippen LogP contribution in [0.5, 0.6) is 5.75 Å². The number of para-hydroxylation sites is 2. The standard InChI is InChI=1S/C18H29N3O3S/c1-3-20-15-16(24-18-11-7-6-10-17(18)20)14-19(2)25(22,23)21-12-8-4-5-9-13-21/h6-7,10-11,16H,3-5,8-9,12-15H2,1-2H3/t16-/m0/s1. The largest absolute Gasteiger partial charge is 0.485 e. The van der Waals surface area contributed by atoms with Crippen LogP contribution in [0.1, 0.15) is 32.6 Å². The fourth-order valence-corrected chi connectivity index (χ4v) is 5.09. The van der Waals surface area contributed by atoms with E-state index in [1.807, 2.05) is 24.3 Å². The van der Waals surface area contributed by atoms with Gasteiger partial charge in [0, 0.05) is 26.7 Å². The van der Waals surface area contributed by atoms with Gasteiger partial charge in [-0.3, -0.25) is 0 Å². The second kappa shape index (κ2) is 7.93. The van der Waals surface area contributed by atoms with E-state index in [-0.39, 0.29) is 6.10 Å². The van der Waals surface area contributed by atoms with Crippen molar-refractivity contribution in [2.24, 2.45) is 0 Å². The predicted molar refractivity (Wildman–Crippen MR) is 100 cm³/mol. The van der Waals surface area contributed by atoms with E-state index in [0.717, 1.165) is 43.7 Å². The number of nitrogens with zero attached hydrogens (tertiary/aromatic N) is 3. The molecular weight excluding hydrogens is 338 g/mol. The van der Waals surface area contributed by atoms with Crippen molar-refractivity contribution in [3.05, 3.63) is 24.3 Å². The van der Waals surface area contributed by atoms with E-state index >= 15 is 0 Å². The van der Waals surface area contributed by atoms with Gasteiger partial charge in [0.25, 0.3) is 10.2 Å². The van der Waals surface area contributed by atoms with Gasteiger partial charge >= 0.3 is 0 Å². The molecule has 0 aliphatic carbocycles. The first-order chi connectivity index (χ1) is 12.0. The van der Waals surface area contributed by atoms with Gasteiger partial charge in [0.1, 0.15) is 11.9 Å². The van der Waals surface area contributed by atoms with Crippen molar-refractivity contribution in [2.45, 2.75) is 38.7 Å². The molecule has 1 atom stereocenters. The van der Waals surface area contributed by atoms with E-state index in [2.05, 4.69) is 11.8 Å².